The predicted molar refractivity (Wildman–Crippen MR) is 93.4 cm³/mol. The number of nitrogens with zero attached hydrogens (tertiary/aromatic N) is 4. The molecule has 25 heavy (non-hydrogen) atoms. The lowest BCUT2D eigenvalue weighted by Crippen LogP contribution is -2.44. The summed E-state index contributed by atoms with van der Waals surface area (Å²) in [5.41, 5.74) is 0. The number of aryl methyl sites for hydroxylation is 1. The molecule has 0 saturated carbocycles. The summed E-state index contributed by atoms with van der Waals surface area (Å²) in [5, 5.41) is 8.72. The molecule has 1 aromatic carbocycles. The molecule has 1 amide bonds. The Hall–Kier alpha value is -2.37. The highest BCUT2D eigenvalue weighted by Crippen LogP contribution is 2.29. The number of hydrogen-bond acceptors (Lipinski definition) is 4. The lowest BCUT2D eigenvalue weighted by Gasteiger charge is -2.33. The predicted octanol–water partition coefficient (Wildman–Crippen LogP) is 2.40. The fraction of sp³-hybridized carbons (Fsp3) is 0.526. The van der Waals surface area contributed by atoms with Crippen LogP contribution in [0.25, 0.3) is 0 Å². The smallest absolute Gasteiger partial charge is 0.263 e. The van der Waals surface area contributed by atoms with Crippen LogP contribution in [0.2, 0.25) is 0 Å². The molecule has 1 aromatic heterocycles. The van der Waals surface area contributed by atoms with Gasteiger partial charge < -0.3 is 14.2 Å². The van der Waals surface area contributed by atoms with Crippen molar-refractivity contribution in [3.05, 3.63) is 42.0 Å². The van der Waals surface area contributed by atoms with Crippen LogP contribution in [0.1, 0.15) is 43.8 Å². The SMILES string of the molecule is CC(Oc1ccccc1)C(=O)N1CCC(c2nnc3n2CCC3)CC1. The van der Waals surface area contributed by atoms with Crippen molar-refractivity contribution in [3.63, 3.8) is 0 Å². The van der Waals surface area contributed by atoms with Crippen molar-refractivity contribution in [2.24, 2.45) is 0 Å². The Kier molecular flexibility index (Phi) is 4.42. The molecular formula is C19H24N4O2. The van der Waals surface area contributed by atoms with Gasteiger partial charge in [0.05, 0.1) is 0 Å². The molecule has 6 heteroatoms. The average Bonchev–Trinajstić information content (AvgIpc) is 3.26. The molecule has 0 radical (unpaired) electrons. The molecule has 1 fully saturated rings. The van der Waals surface area contributed by atoms with Crippen LogP contribution in [0, 0.1) is 0 Å². The zero-order valence-corrected chi connectivity index (χ0v) is 14.6. The third kappa shape index (κ3) is 3.25. The molecule has 0 N–H and O–H groups in total. The van der Waals surface area contributed by atoms with Gasteiger partial charge in [-0.1, -0.05) is 18.2 Å². The van der Waals surface area contributed by atoms with E-state index in [4.69, 9.17) is 4.74 Å². The minimum atomic E-state index is -0.462. The van der Waals surface area contributed by atoms with Crippen LogP contribution in [-0.4, -0.2) is 44.8 Å². The largest absolute Gasteiger partial charge is 0.481 e. The Labute approximate surface area is 147 Å². The number of ether oxygens (including phenoxy) is 1. The maximum Gasteiger partial charge on any atom is 0.263 e. The number of carbonyl (C=O) groups is 1. The maximum atomic E-state index is 12.7. The van der Waals surface area contributed by atoms with Crippen LogP contribution >= 0.6 is 0 Å². The van der Waals surface area contributed by atoms with Gasteiger partial charge in [-0.25, -0.2) is 0 Å². The number of benzene rings is 1. The fourth-order valence-electron chi connectivity index (χ4n) is 3.84. The summed E-state index contributed by atoms with van der Waals surface area (Å²) in [6, 6.07) is 9.51. The number of fused-ring (bicyclic) bond motifs is 1. The molecule has 0 bridgehead atoms. The van der Waals surface area contributed by atoms with E-state index >= 15 is 0 Å². The average molecular weight is 340 g/mol. The number of piperidine rings is 1. The molecule has 2 aromatic rings. The van der Waals surface area contributed by atoms with E-state index in [0.29, 0.717) is 5.92 Å². The Morgan fingerprint density at radius 3 is 2.68 bits per heavy atom. The van der Waals surface area contributed by atoms with Gasteiger partial charge in [0.1, 0.15) is 17.4 Å². The molecule has 2 aliphatic rings. The van der Waals surface area contributed by atoms with Crippen LogP contribution in [-0.2, 0) is 17.8 Å². The number of amides is 1. The molecule has 132 valence electrons. The van der Waals surface area contributed by atoms with Crippen LogP contribution in [0.5, 0.6) is 5.75 Å². The summed E-state index contributed by atoms with van der Waals surface area (Å²) in [5.74, 6) is 3.45. The zero-order chi connectivity index (χ0) is 17.2. The summed E-state index contributed by atoms with van der Waals surface area (Å²) in [4.78, 5) is 14.6. The molecule has 3 heterocycles. The Balaban J connectivity index is 1.34. The second-order valence-electron chi connectivity index (χ2n) is 6.90. The minimum Gasteiger partial charge on any atom is -0.481 e. The normalized spacial score (nSPS) is 18.8. The van der Waals surface area contributed by atoms with Crippen LogP contribution in [0.3, 0.4) is 0 Å². The van der Waals surface area contributed by atoms with Crippen molar-refractivity contribution in [2.45, 2.75) is 51.2 Å². The van der Waals surface area contributed by atoms with Crippen molar-refractivity contribution in [1.82, 2.24) is 19.7 Å². The number of likely N-dealkylation sites (tertiary alicyclic amines) is 1. The summed E-state index contributed by atoms with van der Waals surface area (Å²) in [7, 11) is 0. The highest BCUT2D eigenvalue weighted by molar-refractivity contribution is 5.81. The van der Waals surface area contributed by atoms with Crippen molar-refractivity contribution >= 4 is 5.91 Å². The molecule has 1 atom stereocenters. The van der Waals surface area contributed by atoms with Crippen molar-refractivity contribution in [2.75, 3.05) is 13.1 Å². The van der Waals surface area contributed by atoms with E-state index in [-0.39, 0.29) is 5.91 Å². The van der Waals surface area contributed by atoms with Gasteiger partial charge in [-0.2, -0.15) is 0 Å². The third-order valence-corrected chi connectivity index (χ3v) is 5.21. The fourth-order valence-corrected chi connectivity index (χ4v) is 3.84. The minimum absolute atomic E-state index is 0.0637. The van der Waals surface area contributed by atoms with Gasteiger partial charge >= 0.3 is 0 Å². The number of para-hydroxylation sites is 1. The molecule has 4 rings (SSSR count). The second kappa shape index (κ2) is 6.86. The maximum absolute atomic E-state index is 12.7. The molecule has 0 spiro atoms. The van der Waals surface area contributed by atoms with Gasteiger partial charge in [-0.3, -0.25) is 4.79 Å². The number of hydrogen-bond donors (Lipinski definition) is 0. The van der Waals surface area contributed by atoms with E-state index in [2.05, 4.69) is 14.8 Å². The van der Waals surface area contributed by atoms with Gasteiger partial charge in [0, 0.05) is 32.0 Å². The molecular weight excluding hydrogens is 316 g/mol. The monoisotopic (exact) mass is 340 g/mol. The van der Waals surface area contributed by atoms with Gasteiger partial charge in [0.25, 0.3) is 5.91 Å². The summed E-state index contributed by atoms with van der Waals surface area (Å²) >= 11 is 0. The lowest BCUT2D eigenvalue weighted by molar-refractivity contribution is -0.139. The highest BCUT2D eigenvalue weighted by atomic mass is 16.5. The van der Waals surface area contributed by atoms with Gasteiger partial charge in [-0.15, -0.1) is 10.2 Å². The van der Waals surface area contributed by atoms with E-state index in [0.717, 1.165) is 56.3 Å². The quantitative estimate of drug-likeness (QED) is 0.857. The van der Waals surface area contributed by atoms with Gasteiger partial charge in [-0.05, 0) is 38.3 Å². The van der Waals surface area contributed by atoms with E-state index in [1.54, 1.807) is 0 Å². The third-order valence-electron chi connectivity index (χ3n) is 5.21. The standard InChI is InChI=1S/C19H24N4O2/c1-14(25-16-6-3-2-4-7-16)19(24)22-12-9-15(10-13-22)18-21-20-17-8-5-11-23(17)18/h2-4,6-7,14-15H,5,8-13H2,1H3. The molecule has 2 aliphatic heterocycles. The van der Waals surface area contributed by atoms with Crippen molar-refractivity contribution in [3.8, 4) is 5.75 Å². The molecule has 1 unspecified atom stereocenters. The lowest BCUT2D eigenvalue weighted by atomic mass is 9.95. The first-order valence-corrected chi connectivity index (χ1v) is 9.15. The Morgan fingerprint density at radius 2 is 1.92 bits per heavy atom. The molecule has 0 aliphatic carbocycles. The first kappa shape index (κ1) is 16.1. The number of carbonyl (C=O) groups excluding carboxylic acids is 1. The van der Waals surface area contributed by atoms with Crippen LogP contribution in [0.4, 0.5) is 0 Å². The van der Waals surface area contributed by atoms with E-state index in [9.17, 15) is 4.79 Å². The van der Waals surface area contributed by atoms with E-state index in [1.165, 1.54) is 6.42 Å². The first-order chi connectivity index (χ1) is 12.2. The second-order valence-corrected chi connectivity index (χ2v) is 6.90. The molecule has 1 saturated heterocycles. The topological polar surface area (TPSA) is 60.2 Å². The van der Waals surface area contributed by atoms with Crippen LogP contribution in [0.15, 0.2) is 30.3 Å². The first-order valence-electron chi connectivity index (χ1n) is 9.15. The van der Waals surface area contributed by atoms with Crippen molar-refractivity contribution < 1.29 is 9.53 Å². The van der Waals surface area contributed by atoms with Crippen LogP contribution < -0.4 is 4.74 Å². The van der Waals surface area contributed by atoms with Crippen molar-refractivity contribution in [1.29, 1.82) is 0 Å². The number of rotatable bonds is 4. The zero-order valence-electron chi connectivity index (χ0n) is 14.6. The summed E-state index contributed by atoms with van der Waals surface area (Å²) in [6.45, 7) is 4.38. The summed E-state index contributed by atoms with van der Waals surface area (Å²) in [6.07, 6.45) is 3.64. The van der Waals surface area contributed by atoms with Gasteiger partial charge in [0.15, 0.2) is 6.10 Å². The number of aromatic nitrogens is 3. The Bertz CT molecular complexity index is 735. The highest BCUT2D eigenvalue weighted by Gasteiger charge is 2.31. The molecule has 6 nitrogen and oxygen atoms in total. The van der Waals surface area contributed by atoms with E-state index in [1.807, 2.05) is 42.2 Å². The Morgan fingerprint density at radius 1 is 1.16 bits per heavy atom. The van der Waals surface area contributed by atoms with Gasteiger partial charge in [0.2, 0.25) is 0 Å². The summed E-state index contributed by atoms with van der Waals surface area (Å²) < 4.78 is 8.05. The van der Waals surface area contributed by atoms with E-state index < -0.39 is 6.10 Å².